The van der Waals surface area contributed by atoms with Crippen LogP contribution in [-0.2, 0) is 0 Å². The lowest BCUT2D eigenvalue weighted by molar-refractivity contribution is -0.384. The Balaban J connectivity index is 1.37. The summed E-state index contributed by atoms with van der Waals surface area (Å²) in [6.45, 7) is 3.39. The van der Waals surface area contributed by atoms with Crippen LogP contribution < -0.4 is 4.90 Å². The van der Waals surface area contributed by atoms with Crippen molar-refractivity contribution in [3.8, 4) is 0 Å². The first-order valence-corrected chi connectivity index (χ1v) is 11.8. The molecule has 0 bridgehead atoms. The van der Waals surface area contributed by atoms with Gasteiger partial charge in [-0.2, -0.15) is 0 Å². The van der Waals surface area contributed by atoms with Crippen molar-refractivity contribution in [1.82, 2.24) is 25.1 Å². The van der Waals surface area contributed by atoms with Crippen LogP contribution in [0.3, 0.4) is 0 Å². The van der Waals surface area contributed by atoms with E-state index in [4.69, 9.17) is 0 Å². The van der Waals surface area contributed by atoms with Gasteiger partial charge in [-0.15, -0.1) is 5.10 Å². The number of hydrogen-bond donors (Lipinski definition) is 0. The minimum absolute atomic E-state index is 0.00198. The van der Waals surface area contributed by atoms with Gasteiger partial charge >= 0.3 is 0 Å². The summed E-state index contributed by atoms with van der Waals surface area (Å²) in [6, 6.07) is 17.7. The lowest BCUT2D eigenvalue weighted by atomic mass is 9.95. The molecule has 3 aromatic rings. The van der Waals surface area contributed by atoms with Gasteiger partial charge < -0.3 is 4.90 Å². The number of nitro groups is 1. The molecule has 9 nitrogen and oxygen atoms in total. The van der Waals surface area contributed by atoms with Gasteiger partial charge in [0.2, 0.25) is 0 Å². The third-order valence-electron chi connectivity index (χ3n) is 6.90. The van der Waals surface area contributed by atoms with Crippen molar-refractivity contribution in [2.75, 3.05) is 31.1 Å². The van der Waals surface area contributed by atoms with Crippen LogP contribution in [-0.4, -0.2) is 56.2 Å². The van der Waals surface area contributed by atoms with Crippen molar-refractivity contribution in [2.24, 2.45) is 0 Å². The maximum Gasteiger partial charge on any atom is 0.269 e. The zero-order valence-electron chi connectivity index (χ0n) is 18.7. The topological polar surface area (TPSA) is 93.2 Å². The number of tetrazole rings is 1. The fourth-order valence-corrected chi connectivity index (χ4v) is 5.15. The zero-order valence-corrected chi connectivity index (χ0v) is 18.7. The molecule has 1 aliphatic carbocycles. The lowest BCUT2D eigenvalue weighted by Gasteiger charge is -2.40. The second kappa shape index (κ2) is 9.66. The second-order valence-corrected chi connectivity index (χ2v) is 8.88. The SMILES string of the molecule is O=[N+]([O-])c1ccc(N2CCN([C@@H](c3ccccc3)c3nnnn3C3CCCCC3)CC2)cc1. The highest BCUT2D eigenvalue weighted by Gasteiger charge is 2.32. The van der Waals surface area contributed by atoms with Crippen molar-refractivity contribution in [2.45, 2.75) is 44.2 Å². The number of nitro benzene ring substituents is 1. The highest BCUT2D eigenvalue weighted by Crippen LogP contribution is 2.34. The molecule has 33 heavy (non-hydrogen) atoms. The van der Waals surface area contributed by atoms with Crippen molar-refractivity contribution in [3.05, 3.63) is 76.1 Å². The van der Waals surface area contributed by atoms with Gasteiger partial charge in [0.1, 0.15) is 0 Å². The third kappa shape index (κ3) is 4.59. The number of hydrogen-bond acceptors (Lipinski definition) is 7. The normalized spacial score (nSPS) is 18.8. The van der Waals surface area contributed by atoms with Crippen LogP contribution in [0.15, 0.2) is 54.6 Å². The summed E-state index contributed by atoms with van der Waals surface area (Å²) >= 11 is 0. The standard InChI is InChI=1S/C24H29N7O2/c32-31(33)22-13-11-20(12-14-22)28-15-17-29(18-16-28)23(19-7-3-1-4-8-19)24-25-26-27-30(24)21-9-5-2-6-10-21/h1,3-4,7-8,11-14,21,23H,2,5-6,9-10,15-18H2/t23-/m0/s1. The Labute approximate surface area is 193 Å². The van der Waals surface area contributed by atoms with E-state index < -0.39 is 0 Å². The van der Waals surface area contributed by atoms with Crippen molar-refractivity contribution >= 4 is 11.4 Å². The molecule has 0 amide bonds. The Morgan fingerprint density at radius 3 is 2.27 bits per heavy atom. The molecule has 0 unspecified atom stereocenters. The van der Waals surface area contributed by atoms with E-state index in [9.17, 15) is 10.1 Å². The van der Waals surface area contributed by atoms with Crippen molar-refractivity contribution in [1.29, 1.82) is 0 Å². The molecule has 0 spiro atoms. The van der Waals surface area contributed by atoms with Gasteiger partial charge in [-0.1, -0.05) is 49.6 Å². The maximum absolute atomic E-state index is 11.0. The van der Waals surface area contributed by atoms with E-state index in [-0.39, 0.29) is 16.7 Å². The summed E-state index contributed by atoms with van der Waals surface area (Å²) in [7, 11) is 0. The van der Waals surface area contributed by atoms with E-state index in [1.807, 2.05) is 18.2 Å². The molecule has 1 atom stereocenters. The molecule has 1 saturated carbocycles. The number of nitrogens with zero attached hydrogens (tertiary/aromatic N) is 7. The van der Waals surface area contributed by atoms with Crippen LogP contribution in [0.1, 0.15) is 55.6 Å². The van der Waals surface area contributed by atoms with Crippen LogP contribution in [0.25, 0.3) is 0 Å². The van der Waals surface area contributed by atoms with Gasteiger partial charge in [-0.25, -0.2) is 4.68 Å². The first-order valence-electron chi connectivity index (χ1n) is 11.8. The van der Waals surface area contributed by atoms with E-state index in [1.54, 1.807) is 12.1 Å². The minimum Gasteiger partial charge on any atom is -0.369 e. The fraction of sp³-hybridized carbons (Fsp3) is 0.458. The molecule has 172 valence electrons. The first-order chi connectivity index (χ1) is 16.2. The van der Waals surface area contributed by atoms with E-state index in [2.05, 4.69) is 54.3 Å². The van der Waals surface area contributed by atoms with Gasteiger partial charge in [-0.3, -0.25) is 15.0 Å². The fourth-order valence-electron chi connectivity index (χ4n) is 5.15. The molecule has 0 N–H and O–H groups in total. The Morgan fingerprint density at radius 1 is 0.909 bits per heavy atom. The van der Waals surface area contributed by atoms with E-state index in [0.717, 1.165) is 50.5 Å². The molecule has 2 heterocycles. The largest absolute Gasteiger partial charge is 0.369 e. The summed E-state index contributed by atoms with van der Waals surface area (Å²) < 4.78 is 2.08. The lowest BCUT2D eigenvalue weighted by Crippen LogP contribution is -2.48. The summed E-state index contributed by atoms with van der Waals surface area (Å²) in [4.78, 5) is 15.3. The van der Waals surface area contributed by atoms with Crippen molar-refractivity contribution < 1.29 is 4.92 Å². The molecule has 2 aromatic carbocycles. The number of aromatic nitrogens is 4. The zero-order chi connectivity index (χ0) is 22.6. The quantitative estimate of drug-likeness (QED) is 0.416. The molecule has 2 aliphatic rings. The van der Waals surface area contributed by atoms with Crippen LogP contribution in [0.4, 0.5) is 11.4 Å². The number of anilines is 1. The molecular formula is C24H29N7O2. The number of non-ortho nitro benzene ring substituents is 1. The molecule has 1 aliphatic heterocycles. The molecule has 0 radical (unpaired) electrons. The molecular weight excluding hydrogens is 418 g/mol. The summed E-state index contributed by atoms with van der Waals surface area (Å²) in [5, 5.41) is 24.0. The minimum atomic E-state index is -0.358. The average molecular weight is 448 g/mol. The molecule has 5 rings (SSSR count). The van der Waals surface area contributed by atoms with Crippen LogP contribution in [0.5, 0.6) is 0 Å². The van der Waals surface area contributed by atoms with Crippen molar-refractivity contribution in [3.63, 3.8) is 0 Å². The Morgan fingerprint density at radius 2 is 1.61 bits per heavy atom. The molecule has 1 aromatic heterocycles. The average Bonchev–Trinajstić information content (AvgIpc) is 3.35. The Bertz CT molecular complexity index is 1060. The molecule has 1 saturated heterocycles. The van der Waals surface area contributed by atoms with Crippen LogP contribution >= 0.6 is 0 Å². The summed E-state index contributed by atoms with van der Waals surface area (Å²) in [5.41, 5.74) is 2.34. The predicted octanol–water partition coefficient (Wildman–Crippen LogP) is 4.00. The molecule has 2 fully saturated rings. The van der Waals surface area contributed by atoms with Gasteiger partial charge in [0, 0.05) is 44.0 Å². The second-order valence-electron chi connectivity index (χ2n) is 8.88. The smallest absolute Gasteiger partial charge is 0.269 e. The summed E-state index contributed by atoms with van der Waals surface area (Å²) in [6.07, 6.45) is 6.02. The number of piperazine rings is 1. The highest BCUT2D eigenvalue weighted by molar-refractivity contribution is 5.51. The maximum atomic E-state index is 11.0. The van der Waals surface area contributed by atoms with Gasteiger partial charge in [0.15, 0.2) is 5.82 Å². The van der Waals surface area contributed by atoms with Gasteiger partial charge in [0.25, 0.3) is 5.69 Å². The van der Waals surface area contributed by atoms with Gasteiger partial charge in [-0.05, 0) is 41.0 Å². The van der Waals surface area contributed by atoms with Crippen LogP contribution in [0, 0.1) is 10.1 Å². The monoisotopic (exact) mass is 447 g/mol. The highest BCUT2D eigenvalue weighted by atomic mass is 16.6. The van der Waals surface area contributed by atoms with E-state index in [0.29, 0.717) is 6.04 Å². The Hall–Kier alpha value is -3.33. The van der Waals surface area contributed by atoms with E-state index in [1.165, 1.54) is 24.8 Å². The third-order valence-corrected chi connectivity index (χ3v) is 6.90. The van der Waals surface area contributed by atoms with Crippen LogP contribution in [0.2, 0.25) is 0 Å². The Kier molecular flexibility index (Phi) is 6.30. The number of rotatable bonds is 6. The van der Waals surface area contributed by atoms with E-state index >= 15 is 0 Å². The predicted molar refractivity (Wildman–Crippen MR) is 125 cm³/mol. The summed E-state index contributed by atoms with van der Waals surface area (Å²) in [5.74, 6) is 0.928. The first kappa shape index (κ1) is 21.5. The molecule has 9 heteroatoms. The van der Waals surface area contributed by atoms with Gasteiger partial charge in [0.05, 0.1) is 17.0 Å². The number of benzene rings is 2.